The lowest BCUT2D eigenvalue weighted by Gasteiger charge is -2.08. The molecule has 0 bridgehead atoms. The van der Waals surface area contributed by atoms with Crippen molar-refractivity contribution in [1.82, 2.24) is 9.97 Å². The highest BCUT2D eigenvalue weighted by molar-refractivity contribution is 6.31. The maximum Gasteiger partial charge on any atom is 0.255 e. The van der Waals surface area contributed by atoms with Crippen LogP contribution in [-0.4, -0.2) is 15.9 Å². The summed E-state index contributed by atoms with van der Waals surface area (Å²) >= 11 is 5.71. The van der Waals surface area contributed by atoms with Crippen LogP contribution >= 0.6 is 11.6 Å². The minimum absolute atomic E-state index is 0.0514. The van der Waals surface area contributed by atoms with E-state index >= 15 is 0 Å². The van der Waals surface area contributed by atoms with Gasteiger partial charge in [-0.15, -0.1) is 0 Å². The number of carbonyl (C=O) groups is 1. The molecule has 0 saturated heterocycles. The zero-order valence-corrected chi connectivity index (χ0v) is 13.1. The van der Waals surface area contributed by atoms with Crippen molar-refractivity contribution in [2.24, 2.45) is 0 Å². The molecule has 2 N–H and O–H groups in total. The standard InChI is InChI=1S/C17H12ClFN4O/c18-14-10-13(5-6-15(14)19)22-16(24)11-3-1-4-12(9-11)23-17-20-7-2-8-21-17/h1-10H,(H,22,24)(H,20,21,23). The van der Waals surface area contributed by atoms with Crippen molar-refractivity contribution in [2.75, 3.05) is 10.6 Å². The van der Waals surface area contributed by atoms with Crippen LogP contribution < -0.4 is 10.6 Å². The Hall–Kier alpha value is -2.99. The molecule has 3 aromatic rings. The summed E-state index contributed by atoms with van der Waals surface area (Å²) in [7, 11) is 0. The number of nitrogens with zero attached hydrogens (tertiary/aromatic N) is 2. The Balaban J connectivity index is 1.75. The monoisotopic (exact) mass is 342 g/mol. The average molecular weight is 343 g/mol. The van der Waals surface area contributed by atoms with E-state index in [-0.39, 0.29) is 10.9 Å². The highest BCUT2D eigenvalue weighted by Crippen LogP contribution is 2.21. The maximum atomic E-state index is 13.2. The van der Waals surface area contributed by atoms with Gasteiger partial charge in [0.05, 0.1) is 5.02 Å². The van der Waals surface area contributed by atoms with Crippen LogP contribution in [0.2, 0.25) is 5.02 Å². The number of hydrogen-bond acceptors (Lipinski definition) is 4. The van der Waals surface area contributed by atoms with E-state index in [1.165, 1.54) is 18.2 Å². The van der Waals surface area contributed by atoms with Crippen molar-refractivity contribution in [3.8, 4) is 0 Å². The third-order valence-electron chi connectivity index (χ3n) is 3.12. The van der Waals surface area contributed by atoms with Crippen molar-refractivity contribution in [3.63, 3.8) is 0 Å². The zero-order chi connectivity index (χ0) is 16.9. The topological polar surface area (TPSA) is 66.9 Å². The summed E-state index contributed by atoms with van der Waals surface area (Å²) in [6.07, 6.45) is 3.23. The number of amides is 1. The summed E-state index contributed by atoms with van der Waals surface area (Å²) < 4.78 is 13.2. The summed E-state index contributed by atoms with van der Waals surface area (Å²) in [6.45, 7) is 0. The normalized spacial score (nSPS) is 10.2. The van der Waals surface area contributed by atoms with Crippen LogP contribution in [0.4, 0.5) is 21.7 Å². The summed E-state index contributed by atoms with van der Waals surface area (Å²) in [5.74, 6) is -0.445. The molecule has 0 aliphatic carbocycles. The van der Waals surface area contributed by atoms with Crippen LogP contribution in [-0.2, 0) is 0 Å². The Morgan fingerprint density at radius 3 is 2.54 bits per heavy atom. The molecule has 5 nitrogen and oxygen atoms in total. The quantitative estimate of drug-likeness (QED) is 0.743. The van der Waals surface area contributed by atoms with E-state index in [1.54, 1.807) is 42.7 Å². The minimum Gasteiger partial charge on any atom is -0.324 e. The molecule has 2 aromatic carbocycles. The number of nitrogens with one attached hydrogen (secondary N) is 2. The Kier molecular flexibility index (Phi) is 4.67. The fourth-order valence-electron chi connectivity index (χ4n) is 2.01. The predicted octanol–water partition coefficient (Wildman–Crippen LogP) is 4.27. The van der Waals surface area contributed by atoms with Gasteiger partial charge < -0.3 is 10.6 Å². The van der Waals surface area contributed by atoms with Crippen LogP contribution in [0.25, 0.3) is 0 Å². The fourth-order valence-corrected chi connectivity index (χ4v) is 2.19. The van der Waals surface area contributed by atoms with Crippen LogP contribution in [0.15, 0.2) is 60.9 Å². The molecule has 0 unspecified atom stereocenters. The number of carbonyl (C=O) groups excluding carboxylic acids is 1. The average Bonchev–Trinajstić information content (AvgIpc) is 2.59. The van der Waals surface area contributed by atoms with Gasteiger partial charge in [0.2, 0.25) is 5.95 Å². The lowest BCUT2D eigenvalue weighted by atomic mass is 10.2. The Labute approximate surface area is 142 Å². The molecule has 0 radical (unpaired) electrons. The first-order valence-corrected chi connectivity index (χ1v) is 7.40. The molecule has 3 rings (SSSR count). The highest BCUT2D eigenvalue weighted by atomic mass is 35.5. The van der Waals surface area contributed by atoms with Gasteiger partial charge in [0, 0.05) is 29.3 Å². The van der Waals surface area contributed by atoms with Gasteiger partial charge in [0.15, 0.2) is 0 Å². The van der Waals surface area contributed by atoms with Crippen LogP contribution in [0.1, 0.15) is 10.4 Å². The first-order valence-electron chi connectivity index (χ1n) is 7.02. The van der Waals surface area contributed by atoms with Gasteiger partial charge in [-0.2, -0.15) is 0 Å². The van der Waals surface area contributed by atoms with E-state index < -0.39 is 5.82 Å². The van der Waals surface area contributed by atoms with Crippen LogP contribution in [0.5, 0.6) is 0 Å². The zero-order valence-electron chi connectivity index (χ0n) is 12.3. The maximum absolute atomic E-state index is 13.2. The summed E-state index contributed by atoms with van der Waals surface area (Å²) in [5.41, 5.74) is 1.51. The lowest BCUT2D eigenvalue weighted by molar-refractivity contribution is 0.102. The van der Waals surface area contributed by atoms with Gasteiger partial charge in [-0.1, -0.05) is 17.7 Å². The first-order chi connectivity index (χ1) is 11.6. The highest BCUT2D eigenvalue weighted by Gasteiger charge is 2.09. The molecule has 0 spiro atoms. The smallest absolute Gasteiger partial charge is 0.255 e. The second kappa shape index (κ2) is 7.06. The van der Waals surface area contributed by atoms with Crippen molar-refractivity contribution >= 4 is 34.8 Å². The summed E-state index contributed by atoms with van der Waals surface area (Å²) in [5, 5.41) is 5.62. The third kappa shape index (κ3) is 3.85. The Morgan fingerprint density at radius 1 is 1.00 bits per heavy atom. The largest absolute Gasteiger partial charge is 0.324 e. The number of aromatic nitrogens is 2. The molecule has 0 fully saturated rings. The molecule has 1 heterocycles. The summed E-state index contributed by atoms with van der Waals surface area (Å²) in [6, 6.07) is 12.6. The van der Waals surface area contributed by atoms with E-state index in [0.29, 0.717) is 22.9 Å². The Morgan fingerprint density at radius 2 is 1.79 bits per heavy atom. The van der Waals surface area contributed by atoms with E-state index in [0.717, 1.165) is 0 Å². The van der Waals surface area contributed by atoms with Crippen molar-refractivity contribution in [2.45, 2.75) is 0 Å². The minimum atomic E-state index is -0.538. The molecule has 0 aliphatic heterocycles. The van der Waals surface area contributed by atoms with Gasteiger partial charge >= 0.3 is 0 Å². The Bertz CT molecular complexity index is 873. The van der Waals surface area contributed by atoms with Gasteiger partial charge in [-0.25, -0.2) is 14.4 Å². The van der Waals surface area contributed by atoms with Crippen LogP contribution in [0, 0.1) is 5.82 Å². The second-order valence-corrected chi connectivity index (χ2v) is 5.27. The van der Waals surface area contributed by atoms with Gasteiger partial charge in [0.25, 0.3) is 5.91 Å². The van der Waals surface area contributed by atoms with E-state index in [1.807, 2.05) is 0 Å². The number of benzene rings is 2. The summed E-state index contributed by atoms with van der Waals surface area (Å²) in [4.78, 5) is 20.4. The van der Waals surface area contributed by atoms with Gasteiger partial charge in [0.1, 0.15) is 5.82 Å². The molecule has 24 heavy (non-hydrogen) atoms. The van der Waals surface area contributed by atoms with Gasteiger partial charge in [-0.05, 0) is 42.5 Å². The van der Waals surface area contributed by atoms with Crippen molar-refractivity contribution in [3.05, 3.63) is 77.3 Å². The molecule has 1 aromatic heterocycles. The molecule has 1 amide bonds. The predicted molar refractivity (Wildman–Crippen MR) is 91.1 cm³/mol. The van der Waals surface area contributed by atoms with Crippen molar-refractivity contribution in [1.29, 1.82) is 0 Å². The second-order valence-electron chi connectivity index (χ2n) is 4.86. The third-order valence-corrected chi connectivity index (χ3v) is 3.41. The van der Waals surface area contributed by atoms with E-state index in [2.05, 4.69) is 20.6 Å². The van der Waals surface area contributed by atoms with Crippen molar-refractivity contribution < 1.29 is 9.18 Å². The molecule has 7 heteroatoms. The number of rotatable bonds is 4. The van der Waals surface area contributed by atoms with Gasteiger partial charge in [-0.3, -0.25) is 4.79 Å². The van der Waals surface area contributed by atoms with E-state index in [4.69, 9.17) is 11.6 Å². The number of halogens is 2. The SMILES string of the molecule is O=C(Nc1ccc(F)c(Cl)c1)c1cccc(Nc2ncccn2)c1. The first kappa shape index (κ1) is 15.9. The molecule has 0 aliphatic rings. The lowest BCUT2D eigenvalue weighted by Crippen LogP contribution is -2.12. The molecular formula is C17H12ClFN4O. The number of anilines is 3. The molecular weight excluding hydrogens is 331 g/mol. The molecule has 0 atom stereocenters. The molecule has 120 valence electrons. The fraction of sp³-hybridized carbons (Fsp3) is 0. The number of hydrogen-bond donors (Lipinski definition) is 2. The van der Waals surface area contributed by atoms with E-state index in [9.17, 15) is 9.18 Å². The molecule has 0 saturated carbocycles. The van der Waals surface area contributed by atoms with Crippen LogP contribution in [0.3, 0.4) is 0 Å².